The summed E-state index contributed by atoms with van der Waals surface area (Å²) in [4.78, 5) is 1.64. The normalized spacial score (nSPS) is 11.7. The number of primary sulfonamides is 1. The largest absolute Gasteiger partial charge is 0.380 e. The lowest BCUT2D eigenvalue weighted by Gasteiger charge is -2.17. The topological polar surface area (TPSA) is 98.2 Å². The number of anilines is 1. The average molecular weight is 440 g/mol. The van der Waals surface area contributed by atoms with Crippen LogP contribution in [-0.2, 0) is 23.0 Å². The minimum Gasteiger partial charge on any atom is -0.380 e. The molecule has 3 rings (SSSR count). The van der Waals surface area contributed by atoms with Crippen molar-refractivity contribution in [2.45, 2.75) is 27.7 Å². The maximum absolute atomic E-state index is 12.5. The smallest absolute Gasteiger partial charge is 0.239 e. The summed E-state index contributed by atoms with van der Waals surface area (Å²) in [5.74, 6) is 0. The van der Waals surface area contributed by atoms with Gasteiger partial charge in [-0.15, -0.1) is 0 Å². The number of nitrogens with one attached hydrogen (secondary N) is 1. The van der Waals surface area contributed by atoms with E-state index < -0.39 is 10.0 Å². The molecular weight excluding hydrogens is 414 g/mol. The molecule has 0 atom stereocenters. The van der Waals surface area contributed by atoms with E-state index in [1.54, 1.807) is 6.07 Å². The molecule has 0 spiro atoms. The molecule has 0 saturated heterocycles. The molecule has 0 saturated carbocycles. The molecule has 0 fully saturated rings. The first-order valence-corrected chi connectivity index (χ1v) is 11.9. The quantitative estimate of drug-likeness (QED) is 0.435. The Labute approximate surface area is 182 Å². The first-order valence-electron chi connectivity index (χ1n) is 9.53. The van der Waals surface area contributed by atoms with E-state index in [9.17, 15) is 8.42 Å². The zero-order chi connectivity index (χ0) is 21.4. The van der Waals surface area contributed by atoms with Crippen LogP contribution in [0, 0.1) is 0 Å². The fourth-order valence-corrected chi connectivity index (χ4v) is 5.03. The van der Waals surface area contributed by atoms with Crippen LogP contribution in [0.2, 0.25) is 0 Å². The third-order valence-corrected chi connectivity index (χ3v) is 6.58. The van der Waals surface area contributed by atoms with E-state index in [1.807, 2.05) is 78.9 Å². The van der Waals surface area contributed by atoms with Crippen LogP contribution < -0.4 is 16.2 Å². The molecule has 7 heteroatoms. The summed E-state index contributed by atoms with van der Waals surface area (Å²) in [7, 11) is -3.92. The van der Waals surface area contributed by atoms with Gasteiger partial charge in [-0.2, -0.15) is 0 Å². The summed E-state index contributed by atoms with van der Waals surface area (Å²) >= 11 is 1.38. The highest BCUT2D eigenvalue weighted by Gasteiger charge is 2.20. The number of hydrogen-bond donors (Lipinski definition) is 3. The minimum atomic E-state index is -3.92. The van der Waals surface area contributed by atoms with Gasteiger partial charge in [0.15, 0.2) is 0 Å². The van der Waals surface area contributed by atoms with Gasteiger partial charge in [0.2, 0.25) is 10.0 Å². The summed E-state index contributed by atoms with van der Waals surface area (Å²) < 4.78 is 24.9. The lowest BCUT2D eigenvalue weighted by Crippen LogP contribution is -2.15. The fraction of sp³-hybridized carbons (Fsp3) is 0.130. The predicted octanol–water partition coefficient (Wildman–Crippen LogP) is 4.15. The van der Waals surface area contributed by atoms with Gasteiger partial charge >= 0.3 is 0 Å². The van der Waals surface area contributed by atoms with Crippen LogP contribution in [0.25, 0.3) is 0 Å². The maximum Gasteiger partial charge on any atom is 0.239 e. The highest BCUT2D eigenvalue weighted by Crippen LogP contribution is 2.39. The van der Waals surface area contributed by atoms with Gasteiger partial charge in [-0.3, -0.25) is 0 Å². The molecule has 0 unspecified atom stereocenters. The van der Waals surface area contributed by atoms with Crippen molar-refractivity contribution < 1.29 is 8.42 Å². The number of sulfonamides is 1. The summed E-state index contributed by atoms with van der Waals surface area (Å²) in [6, 6.07) is 23.2. The van der Waals surface area contributed by atoms with Crippen molar-refractivity contribution in [3.8, 4) is 0 Å². The van der Waals surface area contributed by atoms with Crippen molar-refractivity contribution in [3.05, 3.63) is 96.1 Å². The van der Waals surface area contributed by atoms with E-state index >= 15 is 0 Å². The van der Waals surface area contributed by atoms with Gasteiger partial charge in [0.05, 0.1) is 15.5 Å². The number of rotatable bonds is 9. The number of benzene rings is 3. The predicted molar refractivity (Wildman–Crippen MR) is 124 cm³/mol. The molecule has 0 amide bonds. The summed E-state index contributed by atoms with van der Waals surface area (Å²) in [6.45, 7) is 0.998. The number of hydrogen-bond acceptors (Lipinski definition) is 5. The van der Waals surface area contributed by atoms with Gasteiger partial charge in [0, 0.05) is 18.0 Å². The van der Waals surface area contributed by atoms with Crippen LogP contribution in [0.3, 0.4) is 0 Å². The van der Waals surface area contributed by atoms with Gasteiger partial charge in [0.1, 0.15) is 0 Å². The Kier molecular flexibility index (Phi) is 7.70. The molecule has 0 aliphatic rings. The fourth-order valence-electron chi connectivity index (χ4n) is 2.94. The second-order valence-corrected chi connectivity index (χ2v) is 9.29. The number of nitrogens with two attached hydrogens (primary N) is 2. The van der Waals surface area contributed by atoms with Crippen LogP contribution in [0.5, 0.6) is 0 Å². The van der Waals surface area contributed by atoms with Crippen molar-refractivity contribution in [3.63, 3.8) is 0 Å². The van der Waals surface area contributed by atoms with Crippen LogP contribution in [0.4, 0.5) is 5.69 Å². The third-order valence-electron chi connectivity index (χ3n) is 4.37. The van der Waals surface area contributed by atoms with Crippen LogP contribution in [-0.4, -0.2) is 15.0 Å². The van der Waals surface area contributed by atoms with Gasteiger partial charge in [-0.25, -0.2) is 13.6 Å². The van der Waals surface area contributed by atoms with E-state index in [4.69, 9.17) is 10.9 Å². The molecule has 3 aromatic carbocycles. The van der Waals surface area contributed by atoms with Gasteiger partial charge in [0.25, 0.3) is 0 Å². The Morgan fingerprint density at radius 1 is 0.900 bits per heavy atom. The summed E-state index contributed by atoms with van der Waals surface area (Å²) in [5, 5.41) is 9.01. The lowest BCUT2D eigenvalue weighted by atomic mass is 10.1. The number of allylic oxidation sites excluding steroid dienone is 1. The summed E-state index contributed by atoms with van der Waals surface area (Å²) in [6.07, 6.45) is 4.34. The zero-order valence-corrected chi connectivity index (χ0v) is 18.1. The molecule has 0 aliphatic heterocycles. The molecule has 0 radical (unpaired) electrons. The van der Waals surface area contributed by atoms with E-state index in [-0.39, 0.29) is 4.90 Å². The average Bonchev–Trinajstić information content (AvgIpc) is 2.74. The molecule has 30 heavy (non-hydrogen) atoms. The minimum absolute atomic E-state index is 0.116. The Hall–Kier alpha value is -2.58. The first-order chi connectivity index (χ1) is 14.5. The van der Waals surface area contributed by atoms with Crippen LogP contribution in [0.1, 0.15) is 11.1 Å². The van der Waals surface area contributed by atoms with Crippen molar-refractivity contribution in [2.24, 2.45) is 10.9 Å². The summed E-state index contributed by atoms with van der Waals surface area (Å²) in [5.41, 5.74) is 8.20. The van der Waals surface area contributed by atoms with E-state index in [1.165, 1.54) is 11.8 Å². The monoisotopic (exact) mass is 439 g/mol. The lowest BCUT2D eigenvalue weighted by molar-refractivity contribution is 0.595. The van der Waals surface area contributed by atoms with Gasteiger partial charge < -0.3 is 11.1 Å². The standard InChI is InChI=1S/C23H25N3O2S2/c24-14-8-7-11-19-15-21(26-17-18-9-3-1-4-10-18)23(22(16-19)30(25,27)28)29-20-12-5-2-6-13-20/h1-10,12-13,15-16,26H,11,14,17,24H2,(H2,25,27,28). The third kappa shape index (κ3) is 6.21. The SMILES string of the molecule is NCC=CCc1cc(NCc2ccccc2)c(Sc2ccccc2)c(S(N)(=O)=O)c1. The molecular formula is C23H25N3O2S2. The Morgan fingerprint density at radius 3 is 2.20 bits per heavy atom. The molecule has 0 aromatic heterocycles. The van der Waals surface area contributed by atoms with Crippen LogP contribution in [0.15, 0.2) is 99.6 Å². The second-order valence-electron chi connectivity index (χ2n) is 6.68. The molecule has 5 N–H and O–H groups in total. The molecule has 5 nitrogen and oxygen atoms in total. The molecule has 0 bridgehead atoms. The molecule has 0 heterocycles. The highest BCUT2D eigenvalue weighted by molar-refractivity contribution is 8.00. The van der Waals surface area contributed by atoms with Crippen molar-refractivity contribution in [1.29, 1.82) is 0 Å². The molecule has 156 valence electrons. The van der Waals surface area contributed by atoms with Crippen molar-refractivity contribution >= 4 is 27.5 Å². The maximum atomic E-state index is 12.5. The van der Waals surface area contributed by atoms with Crippen molar-refractivity contribution in [1.82, 2.24) is 0 Å². The van der Waals surface area contributed by atoms with Crippen molar-refractivity contribution in [2.75, 3.05) is 11.9 Å². The Balaban J connectivity index is 2.05. The molecule has 0 aliphatic carbocycles. The van der Waals surface area contributed by atoms with E-state index in [0.717, 1.165) is 21.7 Å². The van der Waals surface area contributed by atoms with Gasteiger partial charge in [-0.05, 0) is 41.8 Å². The van der Waals surface area contributed by atoms with E-state index in [2.05, 4.69) is 5.32 Å². The Bertz CT molecular complexity index is 1100. The molecule has 3 aromatic rings. The van der Waals surface area contributed by atoms with Crippen LogP contribution >= 0.6 is 11.8 Å². The second kappa shape index (κ2) is 10.4. The van der Waals surface area contributed by atoms with Gasteiger partial charge in [-0.1, -0.05) is 72.4 Å². The van der Waals surface area contributed by atoms with E-state index in [0.29, 0.717) is 24.4 Å². The zero-order valence-electron chi connectivity index (χ0n) is 16.5. The highest BCUT2D eigenvalue weighted by atomic mass is 32.2. The Morgan fingerprint density at radius 2 is 1.57 bits per heavy atom. The first kappa shape index (κ1) is 22.1.